The van der Waals surface area contributed by atoms with Crippen LogP contribution in [-0.4, -0.2) is 50.0 Å². The van der Waals surface area contributed by atoms with Crippen molar-refractivity contribution in [3.05, 3.63) is 12.1 Å². The summed E-state index contributed by atoms with van der Waals surface area (Å²) in [6, 6.07) is 5.06. The minimum absolute atomic E-state index is 0.830. The van der Waals surface area contributed by atoms with Gasteiger partial charge in [-0.25, -0.2) is 0 Å². The molecule has 2 heterocycles. The predicted octanol–water partition coefficient (Wildman–Crippen LogP) is 15.4. The molecule has 1 aromatic carbocycles. The number of benzene rings is 1. The molecule has 3 aromatic rings. The van der Waals surface area contributed by atoms with E-state index >= 15 is 0 Å². The first kappa shape index (κ1) is 44.7. The van der Waals surface area contributed by atoms with Crippen molar-refractivity contribution in [2.24, 2.45) is 0 Å². The normalized spacial score (nSPS) is 12.5. The first-order valence-corrected chi connectivity index (χ1v) is 43.0. The van der Waals surface area contributed by atoms with Crippen molar-refractivity contribution in [1.29, 1.82) is 0 Å². The Kier molecular flexibility index (Phi) is 22.1. The van der Waals surface area contributed by atoms with Gasteiger partial charge in [-0.3, -0.25) is 0 Å². The van der Waals surface area contributed by atoms with E-state index in [1.54, 1.807) is 5.79 Å². The molecular formula is C44H78O2S2Sn2. The van der Waals surface area contributed by atoms with E-state index in [2.05, 4.69) is 55.6 Å². The summed E-state index contributed by atoms with van der Waals surface area (Å²) in [5.41, 5.74) is 0. The van der Waals surface area contributed by atoms with Crippen molar-refractivity contribution in [3.63, 3.8) is 0 Å². The van der Waals surface area contributed by atoms with Gasteiger partial charge in [-0.2, -0.15) is 0 Å². The maximum absolute atomic E-state index is 6.86. The van der Waals surface area contributed by atoms with Crippen molar-refractivity contribution in [1.82, 2.24) is 0 Å². The van der Waals surface area contributed by atoms with Crippen LogP contribution in [0.1, 0.15) is 168 Å². The molecular weight excluding hydrogens is 862 g/mol. The van der Waals surface area contributed by atoms with E-state index in [1.807, 2.05) is 22.7 Å². The van der Waals surface area contributed by atoms with Gasteiger partial charge in [-0.1, -0.05) is 90.9 Å². The first-order chi connectivity index (χ1) is 24.1. The Morgan fingerprint density at radius 3 is 0.920 bits per heavy atom. The molecule has 0 unspecified atom stereocenters. The SMILES string of the molecule is CCCCCCCCCCCCCCOc1c2c[c]([Sn]([CH3])([CH3])[CH3])sc2c(OCCCCCCCCCCCCCC)c2c[c]([Sn]([CH3])([CH3])[CH3])sc12. The molecule has 0 saturated carbocycles. The molecule has 0 fully saturated rings. The molecule has 0 spiro atoms. The topological polar surface area (TPSA) is 18.5 Å². The van der Waals surface area contributed by atoms with Crippen molar-refractivity contribution < 1.29 is 9.47 Å². The Balaban J connectivity index is 1.60. The Labute approximate surface area is 326 Å². The molecule has 0 aliphatic heterocycles. The molecule has 2 nitrogen and oxygen atoms in total. The Bertz CT molecular complexity index is 1180. The molecule has 0 aliphatic carbocycles. The van der Waals surface area contributed by atoms with Gasteiger partial charge in [0.1, 0.15) is 0 Å². The molecule has 0 bridgehead atoms. The Morgan fingerprint density at radius 1 is 0.400 bits per heavy atom. The van der Waals surface area contributed by atoms with E-state index in [-0.39, 0.29) is 0 Å². The zero-order chi connectivity index (χ0) is 36.2. The summed E-state index contributed by atoms with van der Waals surface area (Å²) in [7, 11) is 0. The Hall–Kier alpha value is 0.337. The predicted molar refractivity (Wildman–Crippen MR) is 236 cm³/mol. The number of unbranched alkanes of at least 4 members (excludes halogenated alkanes) is 22. The third-order valence-electron chi connectivity index (χ3n) is 10.3. The van der Waals surface area contributed by atoms with Crippen LogP contribution in [0.3, 0.4) is 0 Å². The number of ether oxygens (including phenoxy) is 2. The van der Waals surface area contributed by atoms with Crippen LogP contribution in [0.4, 0.5) is 0 Å². The van der Waals surface area contributed by atoms with Gasteiger partial charge >= 0.3 is 238 Å². The van der Waals surface area contributed by atoms with E-state index in [4.69, 9.17) is 9.47 Å². The van der Waals surface area contributed by atoms with Crippen molar-refractivity contribution in [2.75, 3.05) is 13.2 Å². The monoisotopic (exact) mass is 942 g/mol. The van der Waals surface area contributed by atoms with E-state index in [1.165, 1.54) is 173 Å². The molecule has 50 heavy (non-hydrogen) atoms. The molecule has 3 rings (SSSR count). The van der Waals surface area contributed by atoms with Gasteiger partial charge in [0.05, 0.1) is 0 Å². The molecule has 6 heteroatoms. The molecule has 2 aromatic heterocycles. The van der Waals surface area contributed by atoms with Crippen LogP contribution in [0.25, 0.3) is 20.2 Å². The number of rotatable bonds is 30. The van der Waals surface area contributed by atoms with E-state index in [9.17, 15) is 0 Å². The molecule has 0 saturated heterocycles. The third-order valence-corrected chi connectivity index (χ3v) is 31.5. The average Bonchev–Trinajstić information content (AvgIpc) is 3.72. The molecule has 286 valence electrons. The molecule has 0 atom stereocenters. The zero-order valence-corrected chi connectivity index (χ0v) is 41.5. The zero-order valence-electron chi connectivity index (χ0n) is 34.2. The van der Waals surface area contributed by atoms with Gasteiger partial charge in [0.25, 0.3) is 0 Å². The van der Waals surface area contributed by atoms with Crippen LogP contribution < -0.4 is 15.3 Å². The van der Waals surface area contributed by atoms with Crippen LogP contribution in [0.15, 0.2) is 12.1 Å². The van der Waals surface area contributed by atoms with Gasteiger partial charge in [0.2, 0.25) is 0 Å². The van der Waals surface area contributed by atoms with E-state index < -0.39 is 36.8 Å². The summed E-state index contributed by atoms with van der Waals surface area (Å²) in [6.45, 7) is 6.27. The van der Waals surface area contributed by atoms with E-state index in [0.29, 0.717) is 0 Å². The second-order valence-electron chi connectivity index (χ2n) is 17.3. The second kappa shape index (κ2) is 24.7. The standard InChI is InChI=1S/C38H60O2S2.6CH3.2Sn/c1-3-5-7-9-11-13-15-17-19-21-23-25-29-39-35-33-27-31-42-38(33)36(34-28-32-41-37(34)35)40-30-26-24-22-20-18-16-14-12-10-8-6-4-2;;;;;;;;/h27-28H,3-26,29-30H2,1-2H3;6*1H3;;. The van der Waals surface area contributed by atoms with Crippen LogP contribution in [0.5, 0.6) is 11.5 Å². The van der Waals surface area contributed by atoms with Crippen LogP contribution >= 0.6 is 22.7 Å². The van der Waals surface area contributed by atoms with E-state index in [0.717, 1.165) is 26.1 Å². The van der Waals surface area contributed by atoms with Gasteiger partial charge in [-0.05, 0) is 0 Å². The number of hydrogen-bond acceptors (Lipinski definition) is 4. The second-order valence-corrected chi connectivity index (χ2v) is 50.3. The molecule has 0 N–H and O–H groups in total. The third kappa shape index (κ3) is 16.0. The summed E-state index contributed by atoms with van der Waals surface area (Å²) in [6.07, 6.45) is 33.0. The van der Waals surface area contributed by atoms with Gasteiger partial charge in [0.15, 0.2) is 0 Å². The summed E-state index contributed by atoms with van der Waals surface area (Å²) >= 11 is -0.512. The fraction of sp³-hybridized carbons (Fsp3) is 0.773. The number of thiophene rings is 2. The Morgan fingerprint density at radius 2 is 0.660 bits per heavy atom. The van der Waals surface area contributed by atoms with Crippen LogP contribution in [-0.2, 0) is 0 Å². The minimum atomic E-state index is -2.29. The van der Waals surface area contributed by atoms with Gasteiger partial charge < -0.3 is 0 Å². The number of hydrogen-bond donors (Lipinski definition) is 0. The quantitative estimate of drug-likeness (QED) is 0.0490. The summed E-state index contributed by atoms with van der Waals surface area (Å²) in [5, 5.41) is 2.68. The van der Waals surface area contributed by atoms with Gasteiger partial charge in [-0.15, -0.1) is 0 Å². The molecule has 0 aliphatic rings. The average molecular weight is 941 g/mol. The molecule has 0 radical (unpaired) electrons. The van der Waals surface area contributed by atoms with Crippen molar-refractivity contribution in [3.8, 4) is 11.5 Å². The van der Waals surface area contributed by atoms with Crippen LogP contribution in [0.2, 0.25) is 29.6 Å². The van der Waals surface area contributed by atoms with Crippen molar-refractivity contribution >= 4 is 85.4 Å². The van der Waals surface area contributed by atoms with Crippen molar-refractivity contribution in [2.45, 2.75) is 198 Å². The fourth-order valence-corrected chi connectivity index (χ4v) is 19.7. The fourth-order valence-electron chi connectivity index (χ4n) is 6.96. The van der Waals surface area contributed by atoms with Gasteiger partial charge in [0, 0.05) is 0 Å². The summed E-state index contributed by atoms with van der Waals surface area (Å²) < 4.78 is 19.7. The first-order valence-electron chi connectivity index (χ1n) is 21.4. The molecule has 0 amide bonds. The van der Waals surface area contributed by atoms with Crippen LogP contribution in [0, 0.1) is 0 Å². The number of fused-ring (bicyclic) bond motifs is 2. The maximum atomic E-state index is 6.86. The summed E-state index contributed by atoms with van der Waals surface area (Å²) in [4.78, 5) is 15.3. The summed E-state index contributed by atoms with van der Waals surface area (Å²) in [5.74, 6) is 2.33.